The molecular weight excluding hydrogens is 398 g/mol. The van der Waals surface area contributed by atoms with Gasteiger partial charge in [-0.25, -0.2) is 4.68 Å². The zero-order chi connectivity index (χ0) is 20.7. The Morgan fingerprint density at radius 1 is 1.10 bits per heavy atom. The third kappa shape index (κ3) is 3.33. The third-order valence-corrected chi connectivity index (χ3v) is 6.86. The van der Waals surface area contributed by atoms with E-state index in [2.05, 4.69) is 6.92 Å². The summed E-state index contributed by atoms with van der Waals surface area (Å²) in [6.07, 6.45) is 0.768. The lowest BCUT2D eigenvalue weighted by molar-refractivity contribution is -0.128. The molecule has 2 aliphatic rings. The lowest BCUT2D eigenvalue weighted by atomic mass is 10.1. The van der Waals surface area contributed by atoms with E-state index in [0.717, 1.165) is 46.1 Å². The van der Waals surface area contributed by atoms with Gasteiger partial charge < -0.3 is 14.4 Å². The number of fused-ring (bicyclic) bond motifs is 1. The molecule has 3 aromatic rings. The maximum atomic E-state index is 12.7. The zero-order valence-electron chi connectivity index (χ0n) is 17.0. The molecule has 1 unspecified atom stereocenters. The summed E-state index contributed by atoms with van der Waals surface area (Å²) in [5.41, 5.74) is 5.36. The summed E-state index contributed by atoms with van der Waals surface area (Å²) < 4.78 is 12.8. The van der Waals surface area contributed by atoms with Crippen LogP contribution >= 0.6 is 11.8 Å². The van der Waals surface area contributed by atoms with Gasteiger partial charge >= 0.3 is 0 Å². The number of hydrogen-bond acceptors (Lipinski definition) is 5. The van der Waals surface area contributed by atoms with E-state index in [4.69, 9.17) is 14.6 Å². The number of benzene rings is 2. The fraction of sp³-hybridized carbons (Fsp3) is 0.304. The van der Waals surface area contributed by atoms with Gasteiger partial charge in [0.15, 0.2) is 11.5 Å². The largest absolute Gasteiger partial charge is 0.454 e. The molecule has 1 aromatic heterocycles. The summed E-state index contributed by atoms with van der Waals surface area (Å²) >= 11 is 1.68. The molecule has 1 saturated heterocycles. The van der Waals surface area contributed by atoms with Crippen molar-refractivity contribution in [1.29, 1.82) is 0 Å². The summed E-state index contributed by atoms with van der Waals surface area (Å²) in [7, 11) is 0. The van der Waals surface area contributed by atoms with Gasteiger partial charge in [0.2, 0.25) is 12.7 Å². The van der Waals surface area contributed by atoms with Crippen LogP contribution in [0.15, 0.2) is 48.5 Å². The SMILES string of the molecule is Cc1nn(-c2ccccc2)c(C)c1C1SCC(=O)N1CCc1ccc2c(c1)OCO2. The summed E-state index contributed by atoms with van der Waals surface area (Å²) in [5, 5.41) is 4.77. The second-order valence-corrected chi connectivity index (χ2v) is 8.59. The van der Waals surface area contributed by atoms with Gasteiger partial charge in [-0.2, -0.15) is 5.10 Å². The van der Waals surface area contributed by atoms with E-state index in [0.29, 0.717) is 12.3 Å². The molecule has 3 heterocycles. The van der Waals surface area contributed by atoms with Crippen molar-refractivity contribution in [2.45, 2.75) is 25.6 Å². The Kier molecular flexibility index (Phi) is 4.90. The van der Waals surface area contributed by atoms with Crippen LogP contribution in [-0.2, 0) is 11.2 Å². The van der Waals surface area contributed by atoms with E-state index in [1.807, 2.05) is 65.0 Å². The second-order valence-electron chi connectivity index (χ2n) is 7.52. The maximum absolute atomic E-state index is 12.7. The van der Waals surface area contributed by atoms with Gasteiger partial charge in [0.1, 0.15) is 5.37 Å². The van der Waals surface area contributed by atoms with Crippen molar-refractivity contribution in [3.05, 3.63) is 71.0 Å². The Balaban J connectivity index is 1.39. The molecule has 0 aliphatic carbocycles. The molecule has 0 spiro atoms. The Bertz CT molecular complexity index is 1100. The highest BCUT2D eigenvalue weighted by Crippen LogP contribution is 2.42. The number of hydrogen-bond donors (Lipinski definition) is 0. The molecule has 2 aromatic carbocycles. The van der Waals surface area contributed by atoms with Crippen molar-refractivity contribution in [1.82, 2.24) is 14.7 Å². The minimum Gasteiger partial charge on any atom is -0.454 e. The maximum Gasteiger partial charge on any atom is 0.233 e. The first kappa shape index (κ1) is 19.1. The van der Waals surface area contributed by atoms with E-state index in [-0.39, 0.29) is 18.1 Å². The molecular formula is C23H23N3O3S. The van der Waals surface area contributed by atoms with Crippen LogP contribution in [0.1, 0.15) is 27.9 Å². The van der Waals surface area contributed by atoms with E-state index < -0.39 is 0 Å². The first-order chi connectivity index (χ1) is 14.6. The summed E-state index contributed by atoms with van der Waals surface area (Å²) in [6.45, 7) is 5.04. The lowest BCUT2D eigenvalue weighted by Crippen LogP contribution is -2.30. The fourth-order valence-corrected chi connectivity index (χ4v) is 5.49. The van der Waals surface area contributed by atoms with Crippen molar-refractivity contribution in [3.8, 4) is 17.2 Å². The predicted molar refractivity (Wildman–Crippen MR) is 116 cm³/mol. The van der Waals surface area contributed by atoms with E-state index in [9.17, 15) is 4.79 Å². The molecule has 1 atom stereocenters. The number of rotatable bonds is 5. The highest BCUT2D eigenvalue weighted by atomic mass is 32.2. The van der Waals surface area contributed by atoms with Crippen molar-refractivity contribution < 1.29 is 14.3 Å². The molecule has 1 amide bonds. The van der Waals surface area contributed by atoms with Crippen LogP contribution in [0.2, 0.25) is 0 Å². The van der Waals surface area contributed by atoms with Gasteiger partial charge in [0.05, 0.1) is 17.1 Å². The fourth-order valence-electron chi connectivity index (χ4n) is 4.11. The quantitative estimate of drug-likeness (QED) is 0.623. The van der Waals surface area contributed by atoms with Crippen LogP contribution < -0.4 is 9.47 Å². The smallest absolute Gasteiger partial charge is 0.233 e. The Morgan fingerprint density at radius 3 is 2.73 bits per heavy atom. The van der Waals surface area contributed by atoms with Crippen molar-refractivity contribution >= 4 is 17.7 Å². The number of carbonyl (C=O) groups excluding carboxylic acids is 1. The van der Waals surface area contributed by atoms with Crippen LogP contribution in [0, 0.1) is 13.8 Å². The molecule has 7 heteroatoms. The number of amides is 1. The molecule has 30 heavy (non-hydrogen) atoms. The lowest BCUT2D eigenvalue weighted by Gasteiger charge is -2.24. The molecule has 5 rings (SSSR count). The molecule has 154 valence electrons. The average Bonchev–Trinajstić information content (AvgIpc) is 3.44. The number of aromatic nitrogens is 2. The van der Waals surface area contributed by atoms with Gasteiger partial charge in [-0.3, -0.25) is 4.79 Å². The minimum atomic E-state index is -0.0102. The average molecular weight is 422 g/mol. The van der Waals surface area contributed by atoms with Crippen LogP contribution in [0.4, 0.5) is 0 Å². The standard InChI is InChI=1S/C23H23N3O3S/c1-15-22(16(2)26(24-15)18-6-4-3-5-7-18)23-25(21(27)13-30-23)11-10-17-8-9-19-20(12-17)29-14-28-19/h3-9,12,23H,10-11,13-14H2,1-2H3. The Labute approximate surface area is 179 Å². The zero-order valence-corrected chi connectivity index (χ0v) is 17.8. The number of para-hydroxylation sites is 1. The van der Waals surface area contributed by atoms with Gasteiger partial charge in [0, 0.05) is 17.8 Å². The molecule has 0 saturated carbocycles. The molecule has 2 aliphatic heterocycles. The number of carbonyl (C=O) groups is 1. The van der Waals surface area contributed by atoms with Crippen molar-refractivity contribution in [3.63, 3.8) is 0 Å². The topological polar surface area (TPSA) is 56.6 Å². The predicted octanol–water partition coefficient (Wildman–Crippen LogP) is 4.03. The van der Waals surface area contributed by atoms with Gasteiger partial charge in [-0.05, 0) is 50.1 Å². The number of thioether (sulfide) groups is 1. The van der Waals surface area contributed by atoms with Gasteiger partial charge in [-0.1, -0.05) is 24.3 Å². The normalized spacial score (nSPS) is 17.7. The molecule has 0 N–H and O–H groups in total. The molecule has 0 bridgehead atoms. The van der Waals surface area contributed by atoms with Gasteiger partial charge in [-0.15, -0.1) is 11.8 Å². The van der Waals surface area contributed by atoms with Crippen LogP contribution in [0.5, 0.6) is 11.5 Å². The van der Waals surface area contributed by atoms with E-state index >= 15 is 0 Å². The molecule has 6 nitrogen and oxygen atoms in total. The van der Waals surface area contributed by atoms with E-state index in [1.54, 1.807) is 11.8 Å². The highest BCUT2D eigenvalue weighted by Gasteiger charge is 2.36. The van der Waals surface area contributed by atoms with Gasteiger partial charge in [0.25, 0.3) is 0 Å². The first-order valence-electron chi connectivity index (χ1n) is 10.0. The van der Waals surface area contributed by atoms with Crippen molar-refractivity contribution in [2.75, 3.05) is 19.1 Å². The summed E-state index contributed by atoms with van der Waals surface area (Å²) in [6, 6.07) is 16.1. The first-order valence-corrected chi connectivity index (χ1v) is 11.1. The summed E-state index contributed by atoms with van der Waals surface area (Å²) in [5.74, 6) is 2.24. The molecule has 1 fully saturated rings. The highest BCUT2D eigenvalue weighted by molar-refractivity contribution is 8.00. The number of nitrogens with zero attached hydrogens (tertiary/aromatic N) is 3. The number of aryl methyl sites for hydroxylation is 1. The molecule has 0 radical (unpaired) electrons. The third-order valence-electron chi connectivity index (χ3n) is 5.64. The van der Waals surface area contributed by atoms with Crippen LogP contribution in [0.3, 0.4) is 0 Å². The number of ether oxygens (including phenoxy) is 2. The van der Waals surface area contributed by atoms with E-state index in [1.165, 1.54) is 0 Å². The summed E-state index contributed by atoms with van der Waals surface area (Å²) in [4.78, 5) is 14.7. The monoisotopic (exact) mass is 421 g/mol. The van der Waals surface area contributed by atoms with Crippen LogP contribution in [-0.4, -0.2) is 39.7 Å². The van der Waals surface area contributed by atoms with Crippen LogP contribution in [0.25, 0.3) is 5.69 Å². The minimum absolute atomic E-state index is 0.0102. The second kappa shape index (κ2) is 7.72. The van der Waals surface area contributed by atoms with Crippen molar-refractivity contribution in [2.24, 2.45) is 0 Å². The Hall–Kier alpha value is -2.93. The Morgan fingerprint density at radius 2 is 1.90 bits per heavy atom.